The Balaban J connectivity index is 1.20. The van der Waals surface area contributed by atoms with Crippen molar-refractivity contribution in [3.8, 4) is 17.0 Å². The first-order chi connectivity index (χ1) is 22.9. The lowest BCUT2D eigenvalue weighted by molar-refractivity contribution is 0.189. The summed E-state index contributed by atoms with van der Waals surface area (Å²) in [5, 5.41) is 19.5. The largest absolute Gasteiger partial charge is 0.494 e. The molecule has 2 N–H and O–H groups in total. The van der Waals surface area contributed by atoms with Crippen molar-refractivity contribution < 1.29 is 9.84 Å². The summed E-state index contributed by atoms with van der Waals surface area (Å²) in [4.78, 5) is 16.6. The molecule has 1 fully saturated rings. The molecular formula is C37H42N8O2. The third kappa shape index (κ3) is 6.26. The summed E-state index contributed by atoms with van der Waals surface area (Å²) in [5.41, 5.74) is 9.53. The van der Waals surface area contributed by atoms with Crippen LogP contribution >= 0.6 is 0 Å². The number of aromatic nitrogens is 4. The van der Waals surface area contributed by atoms with Crippen LogP contribution in [0.4, 0.5) is 17.3 Å². The molecule has 10 heteroatoms. The van der Waals surface area contributed by atoms with Gasteiger partial charge in [0.2, 0.25) is 5.95 Å². The van der Waals surface area contributed by atoms with Gasteiger partial charge in [-0.2, -0.15) is 5.10 Å². The van der Waals surface area contributed by atoms with E-state index in [-0.39, 0.29) is 6.61 Å². The highest BCUT2D eigenvalue weighted by atomic mass is 16.5. The van der Waals surface area contributed by atoms with Crippen molar-refractivity contribution in [2.24, 2.45) is 7.05 Å². The molecular weight excluding hydrogens is 588 g/mol. The van der Waals surface area contributed by atoms with Gasteiger partial charge in [0.15, 0.2) is 0 Å². The van der Waals surface area contributed by atoms with Crippen LogP contribution in [0.2, 0.25) is 0 Å². The average molecular weight is 631 g/mol. The van der Waals surface area contributed by atoms with Gasteiger partial charge < -0.3 is 25.0 Å². The van der Waals surface area contributed by atoms with Gasteiger partial charge in [-0.3, -0.25) is 9.58 Å². The van der Waals surface area contributed by atoms with Crippen molar-refractivity contribution in [1.29, 1.82) is 0 Å². The number of allylic oxidation sites excluding steroid dienone is 2. The lowest BCUT2D eigenvalue weighted by Crippen LogP contribution is -2.47. The van der Waals surface area contributed by atoms with E-state index in [9.17, 15) is 5.11 Å². The Morgan fingerprint density at radius 3 is 2.49 bits per heavy atom. The van der Waals surface area contributed by atoms with Crippen LogP contribution in [0.15, 0.2) is 78.6 Å². The van der Waals surface area contributed by atoms with Gasteiger partial charge in [-0.1, -0.05) is 35.9 Å². The number of nitrogens with zero attached hydrogens (tertiary/aromatic N) is 7. The minimum atomic E-state index is 0.195. The molecule has 0 aliphatic carbocycles. The van der Waals surface area contributed by atoms with Crippen LogP contribution in [0.1, 0.15) is 18.9 Å². The number of fused-ring (bicyclic) bond motifs is 3. The van der Waals surface area contributed by atoms with Crippen LogP contribution in [0.5, 0.6) is 5.75 Å². The number of aliphatic hydroxyl groups excluding tert-OH is 1. The quantitative estimate of drug-likeness (QED) is 0.225. The second-order valence-electron chi connectivity index (χ2n) is 12.5. The molecule has 0 bridgehead atoms. The predicted molar refractivity (Wildman–Crippen MR) is 190 cm³/mol. The first-order valence-electron chi connectivity index (χ1n) is 16.3. The molecule has 1 saturated heterocycles. The summed E-state index contributed by atoms with van der Waals surface area (Å²) < 4.78 is 7.75. The van der Waals surface area contributed by atoms with E-state index in [4.69, 9.17) is 14.8 Å². The maximum absolute atomic E-state index is 9.27. The smallest absolute Gasteiger partial charge is 0.227 e. The number of rotatable bonds is 8. The van der Waals surface area contributed by atoms with Crippen LogP contribution < -0.4 is 15.0 Å². The van der Waals surface area contributed by atoms with Gasteiger partial charge in [0.25, 0.3) is 0 Å². The van der Waals surface area contributed by atoms with Gasteiger partial charge in [0.05, 0.1) is 41.5 Å². The van der Waals surface area contributed by atoms with Crippen molar-refractivity contribution in [1.82, 2.24) is 29.5 Å². The molecule has 10 nitrogen and oxygen atoms in total. The van der Waals surface area contributed by atoms with Gasteiger partial charge in [-0.05, 0) is 48.7 Å². The van der Waals surface area contributed by atoms with Crippen molar-refractivity contribution in [3.05, 3.63) is 84.2 Å². The second kappa shape index (κ2) is 13.1. The number of hydrogen-bond donors (Lipinski definition) is 2. The average Bonchev–Trinajstić information content (AvgIpc) is 3.33. The maximum Gasteiger partial charge on any atom is 0.227 e. The number of β-amino-alcohol motifs (C(OH)–C–C–N with tert-alkyl or cyclic N) is 1. The molecule has 0 unspecified atom stereocenters. The molecule has 0 spiro atoms. The van der Waals surface area contributed by atoms with E-state index in [1.165, 1.54) is 16.7 Å². The highest BCUT2D eigenvalue weighted by Crippen LogP contribution is 2.36. The highest BCUT2D eigenvalue weighted by molar-refractivity contribution is 6.11. The zero-order valence-electron chi connectivity index (χ0n) is 27.6. The van der Waals surface area contributed by atoms with Crippen molar-refractivity contribution in [2.45, 2.75) is 13.3 Å². The monoisotopic (exact) mass is 630 g/mol. The molecule has 2 aliphatic rings. The molecule has 0 amide bonds. The molecule has 242 valence electrons. The molecule has 47 heavy (non-hydrogen) atoms. The fourth-order valence-corrected chi connectivity index (χ4v) is 6.65. The molecule has 5 aromatic rings. The third-order valence-corrected chi connectivity index (χ3v) is 9.25. The molecule has 0 saturated carbocycles. The number of benzene rings is 3. The Morgan fingerprint density at radius 1 is 0.936 bits per heavy atom. The van der Waals surface area contributed by atoms with Crippen LogP contribution in [0, 0.1) is 0 Å². The van der Waals surface area contributed by atoms with Crippen LogP contribution in [-0.4, -0.2) is 94.7 Å². The number of aliphatic hydroxyl groups is 1. The maximum atomic E-state index is 9.27. The summed E-state index contributed by atoms with van der Waals surface area (Å²) in [6.45, 7) is 7.81. The topological polar surface area (TPSA) is 94.8 Å². The minimum absolute atomic E-state index is 0.195. The highest BCUT2D eigenvalue weighted by Gasteiger charge is 2.20. The number of anilines is 3. The van der Waals surface area contributed by atoms with Crippen LogP contribution in [-0.2, 0) is 7.05 Å². The molecule has 4 heterocycles. The fourth-order valence-electron chi connectivity index (χ4n) is 6.65. The van der Waals surface area contributed by atoms with E-state index in [2.05, 4.69) is 87.6 Å². The van der Waals surface area contributed by atoms with E-state index in [0.29, 0.717) is 5.95 Å². The van der Waals surface area contributed by atoms with E-state index < -0.39 is 0 Å². The zero-order valence-corrected chi connectivity index (χ0v) is 27.6. The fraction of sp³-hybridized carbons (Fsp3) is 0.324. The van der Waals surface area contributed by atoms with E-state index in [1.807, 2.05) is 36.1 Å². The van der Waals surface area contributed by atoms with Crippen molar-refractivity contribution in [3.63, 3.8) is 0 Å². The SMILES string of the molecule is COc1cc(N2CCN(CCO)CC2)ccc1Nc1ncc2ccc3nn(C)c(-c4ccc(C5=CN(C)CCC(C)=C5)cc4)c3c2n1. The van der Waals surface area contributed by atoms with Gasteiger partial charge in [0.1, 0.15) is 5.75 Å². The van der Waals surface area contributed by atoms with Crippen molar-refractivity contribution >= 4 is 44.7 Å². The number of nitrogens with one attached hydrogen (secondary N) is 1. The summed E-state index contributed by atoms with van der Waals surface area (Å²) in [6.07, 6.45) is 7.46. The number of hydrogen-bond acceptors (Lipinski definition) is 9. The first-order valence-corrected chi connectivity index (χ1v) is 16.3. The number of methoxy groups -OCH3 is 1. The third-order valence-electron chi connectivity index (χ3n) is 9.25. The predicted octanol–water partition coefficient (Wildman–Crippen LogP) is 5.67. The lowest BCUT2D eigenvalue weighted by atomic mass is 10.00. The summed E-state index contributed by atoms with van der Waals surface area (Å²) in [5.74, 6) is 1.22. The van der Waals surface area contributed by atoms with Crippen molar-refractivity contribution in [2.75, 3.05) is 70.2 Å². The Labute approximate surface area is 275 Å². The number of aryl methyl sites for hydroxylation is 1. The first kappa shape index (κ1) is 30.7. The Hall–Kier alpha value is -4.93. The molecule has 7 rings (SSSR count). The van der Waals surface area contributed by atoms with E-state index in [1.54, 1.807) is 7.11 Å². The van der Waals surface area contributed by atoms with Gasteiger partial charge in [-0.15, -0.1) is 0 Å². The van der Waals surface area contributed by atoms with Crippen LogP contribution in [0.25, 0.3) is 38.6 Å². The molecule has 3 aromatic carbocycles. The summed E-state index contributed by atoms with van der Waals surface area (Å²) in [7, 11) is 5.81. The number of ether oxygens (including phenoxy) is 1. The molecule has 0 radical (unpaired) electrons. The molecule has 2 aliphatic heterocycles. The summed E-state index contributed by atoms with van der Waals surface area (Å²) >= 11 is 0. The Morgan fingerprint density at radius 2 is 1.72 bits per heavy atom. The van der Waals surface area contributed by atoms with Gasteiger partial charge in [0, 0.05) is 88.5 Å². The van der Waals surface area contributed by atoms with E-state index in [0.717, 1.165) is 95.9 Å². The lowest BCUT2D eigenvalue weighted by Gasteiger charge is -2.36. The standard InChI is InChI=1S/C37H42N8O2/c1-25-13-14-42(2)24-29(21-25)26-5-7-27(8-6-26)36-34-32(41-43(36)3)11-9-28-23-38-37(40-35(28)34)39-31-12-10-30(22-33(31)47-4)45-17-15-44(16-18-45)19-20-46/h5-12,21-24,46H,13-20H2,1-4H3,(H,38,39,40). The van der Waals surface area contributed by atoms with E-state index >= 15 is 0 Å². The summed E-state index contributed by atoms with van der Waals surface area (Å²) in [6, 6.07) is 19.0. The van der Waals surface area contributed by atoms with Gasteiger partial charge >= 0.3 is 0 Å². The zero-order chi connectivity index (χ0) is 32.5. The second-order valence-corrected chi connectivity index (χ2v) is 12.5. The normalized spacial score (nSPS) is 15.9. The van der Waals surface area contributed by atoms with Crippen LogP contribution in [0.3, 0.4) is 0 Å². The Kier molecular flexibility index (Phi) is 8.53. The molecule has 0 atom stereocenters. The molecule has 2 aromatic heterocycles. The minimum Gasteiger partial charge on any atom is -0.494 e. The van der Waals surface area contributed by atoms with Gasteiger partial charge in [-0.25, -0.2) is 9.97 Å². The Bertz CT molecular complexity index is 1970. The number of piperazine rings is 1.